The molecule has 10 heteroatoms. The van der Waals surface area contributed by atoms with Gasteiger partial charge in [0.25, 0.3) is 0 Å². The van der Waals surface area contributed by atoms with E-state index in [-0.39, 0.29) is 10.9 Å². The van der Waals surface area contributed by atoms with E-state index in [0.29, 0.717) is 42.4 Å². The Morgan fingerprint density at radius 3 is 2.76 bits per heavy atom. The molecule has 3 heterocycles. The van der Waals surface area contributed by atoms with E-state index in [9.17, 15) is 8.42 Å². The Morgan fingerprint density at radius 1 is 1.24 bits per heavy atom. The molecule has 29 heavy (non-hydrogen) atoms. The second-order valence-electron chi connectivity index (χ2n) is 6.89. The normalized spacial score (nSPS) is 17.0. The maximum Gasteiger partial charge on any atom is 0.240 e. The topological polar surface area (TPSA) is 120 Å². The fourth-order valence-corrected chi connectivity index (χ4v) is 5.20. The summed E-state index contributed by atoms with van der Waals surface area (Å²) in [4.78, 5) is 14.2. The number of nitrogen functional groups attached to an aromatic ring is 1. The Morgan fingerprint density at radius 2 is 2.07 bits per heavy atom. The van der Waals surface area contributed by atoms with Gasteiger partial charge in [-0.05, 0) is 38.0 Å². The number of benzene rings is 1. The van der Waals surface area contributed by atoms with Crippen LogP contribution in [0.2, 0.25) is 0 Å². The minimum atomic E-state index is -3.67. The van der Waals surface area contributed by atoms with Gasteiger partial charge in [0, 0.05) is 24.4 Å². The molecule has 0 radical (unpaired) electrons. The lowest BCUT2D eigenvalue weighted by atomic mass is 10.1. The van der Waals surface area contributed by atoms with Crippen molar-refractivity contribution in [3.8, 4) is 21.8 Å². The number of thiazole rings is 1. The molecular formula is C19H21N5O3S2. The number of aromatic nitrogens is 3. The van der Waals surface area contributed by atoms with Crippen molar-refractivity contribution in [2.24, 2.45) is 0 Å². The average molecular weight is 432 g/mol. The molecule has 0 saturated carbocycles. The second kappa shape index (κ2) is 7.79. The van der Waals surface area contributed by atoms with E-state index in [1.54, 1.807) is 30.6 Å². The fraction of sp³-hybridized carbons (Fsp3) is 0.316. The zero-order valence-corrected chi connectivity index (χ0v) is 17.7. The number of anilines is 1. The van der Waals surface area contributed by atoms with Crippen LogP contribution in [0.3, 0.4) is 0 Å². The number of nitrogens with zero attached hydrogens (tertiary/aromatic N) is 3. The van der Waals surface area contributed by atoms with Gasteiger partial charge in [0.2, 0.25) is 10.0 Å². The summed E-state index contributed by atoms with van der Waals surface area (Å²) in [6.45, 7) is 4.76. The highest BCUT2D eigenvalue weighted by Gasteiger charge is 2.24. The number of hydrogen-bond acceptors (Lipinski definition) is 8. The van der Waals surface area contributed by atoms with E-state index in [4.69, 9.17) is 10.5 Å². The second-order valence-corrected chi connectivity index (χ2v) is 9.84. The summed E-state index contributed by atoms with van der Waals surface area (Å²) < 4.78 is 33.6. The van der Waals surface area contributed by atoms with E-state index in [1.807, 2.05) is 13.8 Å². The summed E-state index contributed by atoms with van der Waals surface area (Å²) >= 11 is 1.48. The summed E-state index contributed by atoms with van der Waals surface area (Å²) in [5.74, 6) is 0.307. The highest BCUT2D eigenvalue weighted by Crippen LogP contribution is 2.31. The molecule has 3 aromatic rings. The molecule has 0 amide bonds. The van der Waals surface area contributed by atoms with Crippen LogP contribution in [0.5, 0.6) is 0 Å². The predicted octanol–water partition coefficient (Wildman–Crippen LogP) is 2.53. The van der Waals surface area contributed by atoms with Crippen LogP contribution < -0.4 is 10.5 Å². The number of nitrogens with two attached hydrogens (primary N) is 1. The van der Waals surface area contributed by atoms with Crippen LogP contribution in [0.15, 0.2) is 35.5 Å². The monoisotopic (exact) mass is 431 g/mol. The van der Waals surface area contributed by atoms with Gasteiger partial charge in [-0.2, -0.15) is 0 Å². The van der Waals surface area contributed by atoms with Gasteiger partial charge in [0.05, 0.1) is 33.3 Å². The molecule has 0 unspecified atom stereocenters. The first-order valence-corrected chi connectivity index (χ1v) is 11.4. The molecule has 8 nitrogen and oxygen atoms in total. The van der Waals surface area contributed by atoms with Crippen molar-refractivity contribution in [2.75, 3.05) is 18.9 Å². The smallest absolute Gasteiger partial charge is 0.240 e. The standard InChI is InChI=1S/C19H21N5O3S2/c1-11-3-4-14(29(25,26)24-13-5-6-27-10-13)7-15(11)16-8-22-19(20)18(23-16)17-9-21-12(2)28-17/h3-4,7-9,13,24H,5-6,10H2,1-2H3,(H2,20,22)/t13-/m0/s1. The third kappa shape index (κ3) is 4.15. The molecule has 1 atom stereocenters. The summed E-state index contributed by atoms with van der Waals surface area (Å²) in [5.41, 5.74) is 8.70. The summed E-state index contributed by atoms with van der Waals surface area (Å²) in [6.07, 6.45) is 3.94. The Hall–Kier alpha value is -2.40. The molecule has 3 N–H and O–H groups in total. The zero-order chi connectivity index (χ0) is 20.6. The average Bonchev–Trinajstić information content (AvgIpc) is 3.34. The van der Waals surface area contributed by atoms with Crippen LogP contribution in [-0.4, -0.2) is 42.6 Å². The van der Waals surface area contributed by atoms with Crippen molar-refractivity contribution >= 4 is 27.2 Å². The Balaban J connectivity index is 1.73. The van der Waals surface area contributed by atoms with Crippen LogP contribution in [-0.2, 0) is 14.8 Å². The highest BCUT2D eigenvalue weighted by molar-refractivity contribution is 7.89. The van der Waals surface area contributed by atoms with Crippen molar-refractivity contribution in [1.82, 2.24) is 19.7 Å². The van der Waals surface area contributed by atoms with Crippen LogP contribution >= 0.6 is 11.3 Å². The molecule has 1 aliphatic heterocycles. The Labute approximate surface area is 173 Å². The molecular weight excluding hydrogens is 410 g/mol. The SMILES string of the molecule is Cc1ncc(-c2nc(-c3cc(S(=O)(=O)N[C@H]4CCOC4)ccc3C)cnc2N)s1. The first kappa shape index (κ1) is 19.9. The van der Waals surface area contributed by atoms with E-state index >= 15 is 0 Å². The molecule has 1 fully saturated rings. The number of sulfonamides is 1. The predicted molar refractivity (Wildman–Crippen MR) is 112 cm³/mol. The van der Waals surface area contributed by atoms with Gasteiger partial charge in [-0.3, -0.25) is 0 Å². The maximum absolute atomic E-state index is 12.8. The highest BCUT2D eigenvalue weighted by atomic mass is 32.2. The van der Waals surface area contributed by atoms with Crippen molar-refractivity contribution in [3.63, 3.8) is 0 Å². The van der Waals surface area contributed by atoms with E-state index in [1.165, 1.54) is 11.3 Å². The Bertz CT molecular complexity index is 1150. The van der Waals surface area contributed by atoms with Crippen LogP contribution in [0.4, 0.5) is 5.82 Å². The molecule has 2 aromatic heterocycles. The minimum absolute atomic E-state index is 0.179. The van der Waals surface area contributed by atoms with Crippen molar-refractivity contribution < 1.29 is 13.2 Å². The largest absolute Gasteiger partial charge is 0.382 e. The summed E-state index contributed by atoms with van der Waals surface area (Å²) in [7, 11) is -3.67. The number of hydrogen-bond donors (Lipinski definition) is 2. The van der Waals surface area contributed by atoms with Crippen molar-refractivity contribution in [1.29, 1.82) is 0 Å². The van der Waals surface area contributed by atoms with Crippen molar-refractivity contribution in [2.45, 2.75) is 31.2 Å². The summed E-state index contributed by atoms with van der Waals surface area (Å²) in [5, 5.41) is 0.901. The number of rotatable bonds is 5. The molecule has 1 saturated heterocycles. The van der Waals surface area contributed by atoms with E-state index in [2.05, 4.69) is 19.7 Å². The van der Waals surface area contributed by atoms with Crippen LogP contribution in [0, 0.1) is 13.8 Å². The van der Waals surface area contributed by atoms with Crippen molar-refractivity contribution in [3.05, 3.63) is 41.2 Å². The molecule has 1 aliphatic rings. The fourth-order valence-electron chi connectivity index (χ4n) is 3.14. The first-order chi connectivity index (χ1) is 13.8. The molecule has 152 valence electrons. The van der Waals surface area contributed by atoms with Gasteiger partial charge in [0.15, 0.2) is 5.82 Å². The molecule has 0 bridgehead atoms. The number of nitrogens with one attached hydrogen (secondary N) is 1. The maximum atomic E-state index is 12.8. The summed E-state index contributed by atoms with van der Waals surface area (Å²) in [6, 6.07) is 4.77. The minimum Gasteiger partial charge on any atom is -0.382 e. The zero-order valence-electron chi connectivity index (χ0n) is 16.0. The van der Waals surface area contributed by atoms with Gasteiger partial charge in [-0.1, -0.05) is 6.07 Å². The lowest BCUT2D eigenvalue weighted by Gasteiger charge is -2.14. The first-order valence-electron chi connectivity index (χ1n) is 9.10. The van der Waals surface area contributed by atoms with Gasteiger partial charge in [-0.15, -0.1) is 11.3 Å². The lowest BCUT2D eigenvalue weighted by Crippen LogP contribution is -2.35. The third-order valence-electron chi connectivity index (χ3n) is 4.70. The van der Waals surface area contributed by atoms with Gasteiger partial charge >= 0.3 is 0 Å². The molecule has 1 aromatic carbocycles. The third-order valence-corrected chi connectivity index (χ3v) is 7.14. The quantitative estimate of drug-likeness (QED) is 0.637. The molecule has 4 rings (SSSR count). The molecule has 0 aliphatic carbocycles. The lowest BCUT2D eigenvalue weighted by molar-refractivity contribution is 0.192. The van der Waals surface area contributed by atoms with Gasteiger partial charge in [0.1, 0.15) is 5.69 Å². The Kier molecular flexibility index (Phi) is 5.34. The van der Waals surface area contributed by atoms with E-state index < -0.39 is 10.0 Å². The van der Waals surface area contributed by atoms with Crippen LogP contribution in [0.25, 0.3) is 21.8 Å². The van der Waals surface area contributed by atoms with Gasteiger partial charge in [-0.25, -0.2) is 28.1 Å². The van der Waals surface area contributed by atoms with E-state index in [0.717, 1.165) is 15.4 Å². The molecule has 0 spiro atoms. The van der Waals surface area contributed by atoms with Crippen LogP contribution in [0.1, 0.15) is 17.0 Å². The number of aryl methyl sites for hydroxylation is 2. The number of ether oxygens (including phenoxy) is 1. The van der Waals surface area contributed by atoms with Gasteiger partial charge < -0.3 is 10.5 Å².